The van der Waals surface area contributed by atoms with Crippen LogP contribution in [0, 0.1) is 6.92 Å². The van der Waals surface area contributed by atoms with Gasteiger partial charge in [0.05, 0.1) is 22.9 Å². The SMILES string of the molecule is Cc1ccc(N2C[C@@H]3C[C@H]2CN3)cc1C(=O)NC1(c2cc(-c3cnn(C)c3)nc3ccccc23)CC1. The number of nitrogens with one attached hydrogen (secondary N) is 2. The van der Waals surface area contributed by atoms with Crippen LogP contribution in [0.2, 0.25) is 0 Å². The number of aromatic nitrogens is 3. The van der Waals surface area contributed by atoms with E-state index in [9.17, 15) is 4.79 Å². The van der Waals surface area contributed by atoms with Gasteiger partial charge in [-0.1, -0.05) is 24.3 Å². The van der Waals surface area contributed by atoms with Crippen LogP contribution in [0.25, 0.3) is 22.2 Å². The molecule has 182 valence electrons. The fourth-order valence-electron chi connectivity index (χ4n) is 6.05. The molecule has 4 heterocycles. The van der Waals surface area contributed by atoms with Crippen molar-refractivity contribution in [3.8, 4) is 11.3 Å². The van der Waals surface area contributed by atoms with Crippen molar-refractivity contribution in [3.63, 3.8) is 0 Å². The van der Waals surface area contributed by atoms with Gasteiger partial charge in [0.2, 0.25) is 0 Å². The van der Waals surface area contributed by atoms with Gasteiger partial charge in [-0.25, -0.2) is 4.98 Å². The second-order valence-electron chi connectivity index (χ2n) is 10.7. The average Bonchev–Trinajstić information content (AvgIpc) is 3.21. The number of hydrogen-bond acceptors (Lipinski definition) is 5. The van der Waals surface area contributed by atoms with E-state index in [-0.39, 0.29) is 11.4 Å². The summed E-state index contributed by atoms with van der Waals surface area (Å²) in [6.07, 6.45) is 6.84. The Morgan fingerprint density at radius 3 is 2.75 bits per heavy atom. The number of anilines is 1. The normalized spacial score (nSPS) is 21.8. The van der Waals surface area contributed by atoms with Crippen LogP contribution in [0.15, 0.2) is 60.9 Å². The molecule has 3 fully saturated rings. The number of pyridine rings is 1. The first kappa shape index (κ1) is 21.6. The first-order valence-electron chi connectivity index (χ1n) is 12.8. The lowest BCUT2D eigenvalue weighted by Crippen LogP contribution is -2.43. The summed E-state index contributed by atoms with van der Waals surface area (Å²) in [7, 11) is 1.91. The zero-order valence-electron chi connectivity index (χ0n) is 20.7. The maximum atomic E-state index is 13.7. The van der Waals surface area contributed by atoms with Crippen LogP contribution in [-0.4, -0.2) is 45.8 Å². The molecule has 7 nitrogen and oxygen atoms in total. The van der Waals surface area contributed by atoms with Crippen molar-refractivity contribution in [1.82, 2.24) is 25.4 Å². The predicted molar refractivity (Wildman–Crippen MR) is 141 cm³/mol. The Morgan fingerprint density at radius 2 is 2.03 bits per heavy atom. The summed E-state index contributed by atoms with van der Waals surface area (Å²) in [5, 5.41) is 12.4. The Morgan fingerprint density at radius 1 is 1.17 bits per heavy atom. The van der Waals surface area contributed by atoms with Gasteiger partial charge < -0.3 is 15.5 Å². The molecule has 2 saturated heterocycles. The Hall–Kier alpha value is -3.71. The molecular formula is C29H30N6O. The number of rotatable bonds is 5. The molecule has 3 aliphatic rings. The zero-order valence-corrected chi connectivity index (χ0v) is 20.7. The summed E-state index contributed by atoms with van der Waals surface area (Å²) < 4.78 is 1.79. The lowest BCUT2D eigenvalue weighted by atomic mass is 9.96. The molecule has 2 bridgehead atoms. The predicted octanol–water partition coefficient (Wildman–Crippen LogP) is 3.91. The number of para-hydroxylation sites is 1. The summed E-state index contributed by atoms with van der Waals surface area (Å²) in [5.41, 5.74) is 6.47. The number of aryl methyl sites for hydroxylation is 2. The first-order chi connectivity index (χ1) is 17.5. The number of amides is 1. The standard InChI is InChI=1S/C29H30N6O/c1-18-7-8-21(35-17-20-11-22(35)15-30-20)12-24(18)28(36)33-29(9-10-29)25-13-27(19-14-31-34(2)16-19)32-26-6-4-3-5-23(25)26/h3-8,12-14,16,20,22,30H,9-11,15,17H2,1-2H3,(H,33,36)/t20-,22-/m0/s1. The fourth-order valence-corrected chi connectivity index (χ4v) is 6.05. The Kier molecular flexibility index (Phi) is 4.73. The van der Waals surface area contributed by atoms with E-state index >= 15 is 0 Å². The minimum atomic E-state index is -0.379. The van der Waals surface area contributed by atoms with Crippen molar-refractivity contribution in [2.75, 3.05) is 18.0 Å². The minimum Gasteiger partial charge on any atom is -0.366 e. The molecule has 4 aromatic rings. The topological polar surface area (TPSA) is 75.1 Å². The maximum Gasteiger partial charge on any atom is 0.252 e. The van der Waals surface area contributed by atoms with Crippen molar-refractivity contribution in [2.45, 2.75) is 43.8 Å². The molecule has 1 aliphatic carbocycles. The monoisotopic (exact) mass is 478 g/mol. The van der Waals surface area contributed by atoms with Crippen molar-refractivity contribution < 1.29 is 4.79 Å². The fraction of sp³-hybridized carbons (Fsp3) is 0.345. The molecule has 0 spiro atoms. The van der Waals surface area contributed by atoms with E-state index in [0.717, 1.165) is 70.5 Å². The molecule has 1 saturated carbocycles. The van der Waals surface area contributed by atoms with E-state index in [1.54, 1.807) is 4.68 Å². The third-order valence-corrected chi connectivity index (χ3v) is 8.19. The summed E-state index contributed by atoms with van der Waals surface area (Å²) in [4.78, 5) is 21.1. The van der Waals surface area contributed by atoms with Crippen molar-refractivity contribution >= 4 is 22.5 Å². The van der Waals surface area contributed by atoms with Gasteiger partial charge in [-0.05, 0) is 61.6 Å². The molecule has 2 aliphatic heterocycles. The average molecular weight is 479 g/mol. The van der Waals surface area contributed by atoms with Gasteiger partial charge in [-0.3, -0.25) is 9.48 Å². The second-order valence-corrected chi connectivity index (χ2v) is 10.7. The zero-order chi connectivity index (χ0) is 24.4. The number of piperazine rings is 1. The largest absolute Gasteiger partial charge is 0.366 e. The molecule has 2 N–H and O–H groups in total. The lowest BCUT2D eigenvalue weighted by Gasteiger charge is -2.30. The quantitative estimate of drug-likeness (QED) is 0.455. The van der Waals surface area contributed by atoms with E-state index in [0.29, 0.717) is 12.1 Å². The van der Waals surface area contributed by atoms with Crippen molar-refractivity contribution in [1.29, 1.82) is 0 Å². The summed E-state index contributed by atoms with van der Waals surface area (Å²) >= 11 is 0. The molecule has 0 unspecified atom stereocenters. The molecule has 0 radical (unpaired) electrons. The summed E-state index contributed by atoms with van der Waals surface area (Å²) in [6.45, 7) is 4.06. The molecule has 7 heteroatoms. The first-order valence-corrected chi connectivity index (χ1v) is 12.8. The van der Waals surface area contributed by atoms with E-state index < -0.39 is 0 Å². The van der Waals surface area contributed by atoms with E-state index in [1.165, 1.54) is 6.42 Å². The van der Waals surface area contributed by atoms with Crippen LogP contribution in [0.5, 0.6) is 0 Å². The van der Waals surface area contributed by atoms with Crippen LogP contribution in [-0.2, 0) is 12.6 Å². The highest BCUT2D eigenvalue weighted by Gasteiger charge is 2.47. The van der Waals surface area contributed by atoms with Crippen LogP contribution >= 0.6 is 0 Å². The number of hydrogen-bond donors (Lipinski definition) is 2. The van der Waals surface area contributed by atoms with E-state index in [4.69, 9.17) is 4.98 Å². The van der Waals surface area contributed by atoms with E-state index in [1.807, 2.05) is 44.6 Å². The van der Waals surface area contributed by atoms with Crippen LogP contribution in [0.4, 0.5) is 5.69 Å². The highest BCUT2D eigenvalue weighted by atomic mass is 16.1. The highest BCUT2D eigenvalue weighted by Crippen LogP contribution is 2.49. The smallest absolute Gasteiger partial charge is 0.252 e. The molecule has 36 heavy (non-hydrogen) atoms. The summed E-state index contributed by atoms with van der Waals surface area (Å²) in [5.74, 6) is -0.00171. The Balaban J connectivity index is 1.24. The number of carbonyl (C=O) groups is 1. The van der Waals surface area contributed by atoms with Crippen molar-refractivity contribution in [3.05, 3.63) is 77.6 Å². The second kappa shape index (κ2) is 7.90. The van der Waals surface area contributed by atoms with Gasteiger partial charge >= 0.3 is 0 Å². The molecule has 1 amide bonds. The van der Waals surface area contributed by atoms with Gasteiger partial charge in [0.25, 0.3) is 5.91 Å². The number of carbonyl (C=O) groups excluding carboxylic acids is 1. The Labute approximate surface area is 210 Å². The molecule has 2 aromatic heterocycles. The van der Waals surface area contributed by atoms with Crippen LogP contribution in [0.1, 0.15) is 40.7 Å². The van der Waals surface area contributed by atoms with Crippen molar-refractivity contribution in [2.24, 2.45) is 7.05 Å². The van der Waals surface area contributed by atoms with Gasteiger partial charge in [-0.2, -0.15) is 5.10 Å². The minimum absolute atomic E-state index is 0.00171. The number of fused-ring (bicyclic) bond motifs is 3. The molecule has 2 atom stereocenters. The molecule has 2 aromatic carbocycles. The molecular weight excluding hydrogens is 448 g/mol. The number of benzene rings is 2. The van der Waals surface area contributed by atoms with Crippen LogP contribution in [0.3, 0.4) is 0 Å². The Bertz CT molecular complexity index is 1500. The van der Waals surface area contributed by atoms with Gasteiger partial charge in [0, 0.05) is 60.6 Å². The molecule has 7 rings (SSSR count). The van der Waals surface area contributed by atoms with E-state index in [2.05, 4.69) is 51.0 Å². The third kappa shape index (κ3) is 3.49. The van der Waals surface area contributed by atoms with Gasteiger partial charge in [-0.15, -0.1) is 0 Å². The maximum absolute atomic E-state index is 13.7. The number of nitrogens with zero attached hydrogens (tertiary/aromatic N) is 4. The third-order valence-electron chi connectivity index (χ3n) is 8.19. The van der Waals surface area contributed by atoms with Gasteiger partial charge in [0.15, 0.2) is 0 Å². The lowest BCUT2D eigenvalue weighted by molar-refractivity contribution is 0.0930. The summed E-state index contributed by atoms with van der Waals surface area (Å²) in [6, 6.07) is 17.8. The highest BCUT2D eigenvalue weighted by molar-refractivity contribution is 5.98. The van der Waals surface area contributed by atoms with Gasteiger partial charge in [0.1, 0.15) is 0 Å². The van der Waals surface area contributed by atoms with Crippen LogP contribution < -0.4 is 15.5 Å².